The molecule has 0 bridgehead atoms. The maximum absolute atomic E-state index is 4.67. The molecule has 0 fully saturated rings. The van der Waals surface area contributed by atoms with Gasteiger partial charge in [-0.1, -0.05) is 125 Å². The van der Waals surface area contributed by atoms with Gasteiger partial charge in [-0.25, -0.2) is 0 Å². The molecule has 0 aliphatic rings. The van der Waals surface area contributed by atoms with Crippen LogP contribution in [0.1, 0.15) is 41.5 Å². The van der Waals surface area contributed by atoms with E-state index in [-0.39, 0.29) is 0 Å². The van der Waals surface area contributed by atoms with Gasteiger partial charge in [-0.15, -0.1) is 0 Å². The molecule has 0 aromatic rings. The van der Waals surface area contributed by atoms with Crippen molar-refractivity contribution in [2.75, 3.05) is 0 Å². The molecule has 0 rings (SSSR count). The van der Waals surface area contributed by atoms with Crippen LogP contribution < -0.4 is 0 Å². The Morgan fingerprint density at radius 2 is 0.720 bits per heavy atom. The van der Waals surface area contributed by atoms with Crippen LogP contribution in [0.25, 0.3) is 0 Å². The predicted octanol–water partition coefficient (Wildman–Crippen LogP) is 8.50. The Hall–Kier alpha value is 1.56. The van der Waals surface area contributed by atoms with E-state index in [1.165, 1.54) is 0 Å². The molecule has 152 valence electrons. The van der Waals surface area contributed by atoms with Crippen LogP contribution in [0.4, 0.5) is 0 Å². The van der Waals surface area contributed by atoms with Crippen molar-refractivity contribution in [3.8, 4) is 0 Å². The van der Waals surface area contributed by atoms with Crippen LogP contribution in [0.15, 0.2) is 0 Å². The third-order valence-corrected chi connectivity index (χ3v) is 66.7. The maximum Gasteiger partial charge on any atom is 0.0133 e. The Balaban J connectivity index is 7.22. The predicted molar refractivity (Wildman–Crippen MR) is 138 cm³/mol. The summed E-state index contributed by atoms with van der Waals surface area (Å²) in [5.74, 6) is 0. The van der Waals surface area contributed by atoms with E-state index in [2.05, 4.69) is 122 Å². The zero-order valence-corrected chi connectivity index (χ0v) is 27.0. The van der Waals surface area contributed by atoms with Gasteiger partial charge in [0.1, 0.15) is 0 Å². The normalized spacial score (nSPS) is 16.6. The van der Waals surface area contributed by atoms with E-state index in [0.717, 1.165) is 0 Å². The Morgan fingerprint density at radius 3 is 0.840 bits per heavy atom. The standard InChI is InChI=1S/C19H48BrSi5/c1-17(2,3)25(16,18(4,5)6)21(20)19(22(7,8)9,23(10,11)12)24(13,14)15/h1-16H3/q-1. The lowest BCUT2D eigenvalue weighted by Crippen LogP contribution is -2.78. The number of halogens is 1. The van der Waals surface area contributed by atoms with Gasteiger partial charge < -0.3 is 15.3 Å². The van der Waals surface area contributed by atoms with Crippen LogP contribution >= 0.6 is 15.3 Å². The van der Waals surface area contributed by atoms with Crippen LogP contribution in [0.3, 0.4) is 0 Å². The summed E-state index contributed by atoms with van der Waals surface area (Å²) in [7, 11) is -5.74. The molecule has 0 N–H and O–H groups in total. The third kappa shape index (κ3) is 4.14. The first-order chi connectivity index (χ1) is 10.4. The van der Waals surface area contributed by atoms with E-state index in [9.17, 15) is 0 Å². The molecule has 0 heterocycles. The fourth-order valence-electron chi connectivity index (χ4n) is 6.52. The molecule has 0 saturated heterocycles. The summed E-state index contributed by atoms with van der Waals surface area (Å²) in [5.41, 5.74) is 0. The van der Waals surface area contributed by atoms with Gasteiger partial charge in [0.25, 0.3) is 0 Å². The van der Waals surface area contributed by atoms with Gasteiger partial charge >= 0.3 is 0 Å². The van der Waals surface area contributed by atoms with Gasteiger partial charge in [0, 0.05) is 24.2 Å². The average Bonchev–Trinajstić information content (AvgIpc) is 2.18. The van der Waals surface area contributed by atoms with Crippen molar-refractivity contribution in [2.24, 2.45) is 0 Å². The highest BCUT2D eigenvalue weighted by Gasteiger charge is 2.61. The molecular weight excluding hydrogens is 449 g/mol. The maximum atomic E-state index is 4.67. The molecule has 0 aliphatic carbocycles. The first kappa shape index (κ1) is 26.6. The molecule has 0 amide bonds. The highest BCUT2D eigenvalue weighted by Crippen LogP contribution is 2.65. The summed E-state index contributed by atoms with van der Waals surface area (Å²) in [6, 6.07) is 0. The van der Waals surface area contributed by atoms with Gasteiger partial charge in [0.05, 0.1) is 0 Å². The van der Waals surface area contributed by atoms with Crippen molar-refractivity contribution in [3.63, 3.8) is 0 Å². The largest absolute Gasteiger partial charge is 0.358 e. The van der Waals surface area contributed by atoms with Crippen molar-refractivity contribution in [3.05, 3.63) is 0 Å². The first-order valence-electron chi connectivity index (χ1n) is 9.94. The molecule has 0 aromatic carbocycles. The van der Waals surface area contributed by atoms with E-state index < -0.39 is 38.7 Å². The van der Waals surface area contributed by atoms with Crippen molar-refractivity contribution in [1.82, 2.24) is 0 Å². The average molecular weight is 497 g/mol. The van der Waals surface area contributed by atoms with Crippen molar-refractivity contribution in [2.45, 2.75) is 121 Å². The Morgan fingerprint density at radius 1 is 0.520 bits per heavy atom. The SMILES string of the molecule is CC(C)(C)[Si](C)([Si-](Br)C([Si](C)(C)C)([Si](C)(C)C)[Si](C)(C)C)C(C)(C)C. The highest BCUT2D eigenvalue weighted by molar-refractivity contribution is 9.26. The van der Waals surface area contributed by atoms with Crippen molar-refractivity contribution in [1.29, 1.82) is 0 Å². The Kier molecular flexibility index (Phi) is 7.56. The molecule has 0 aliphatic heterocycles. The Labute approximate surface area is 174 Å². The summed E-state index contributed by atoms with van der Waals surface area (Å²) in [6.45, 7) is 41.8. The lowest BCUT2D eigenvalue weighted by atomic mass is 10.2. The minimum absolute atomic E-state index is 0.424. The number of hydrogen-bond donors (Lipinski definition) is 0. The lowest BCUT2D eigenvalue weighted by molar-refractivity contribution is 0.635. The summed E-state index contributed by atoms with van der Waals surface area (Å²) in [4.78, 5) is 0. The molecule has 0 saturated carbocycles. The van der Waals surface area contributed by atoms with Crippen LogP contribution in [0.2, 0.25) is 79.5 Å². The second-order valence-electron chi connectivity index (χ2n) is 13.4. The number of rotatable bonds is 5. The molecule has 25 heavy (non-hydrogen) atoms. The highest BCUT2D eigenvalue weighted by atomic mass is 79.9. The zero-order chi connectivity index (χ0) is 21.1. The summed E-state index contributed by atoms with van der Waals surface area (Å²) in [6.07, 6.45) is 0. The smallest absolute Gasteiger partial charge is 0.0133 e. The van der Waals surface area contributed by atoms with Crippen LogP contribution in [0.5, 0.6) is 0 Å². The molecular formula is C19H48BrSi5-. The number of hydrogen-bond acceptors (Lipinski definition) is 0. The minimum atomic E-state index is -1.60. The van der Waals surface area contributed by atoms with Crippen LogP contribution in [-0.2, 0) is 0 Å². The van der Waals surface area contributed by atoms with E-state index in [0.29, 0.717) is 14.0 Å². The van der Waals surface area contributed by atoms with Crippen molar-refractivity contribution >= 4 is 54.0 Å². The fraction of sp³-hybridized carbons (Fsp3) is 1.00. The van der Waals surface area contributed by atoms with E-state index in [4.69, 9.17) is 0 Å². The third-order valence-electron chi connectivity index (χ3n) is 7.14. The summed E-state index contributed by atoms with van der Waals surface area (Å²) >= 11 is 4.67. The zero-order valence-electron chi connectivity index (χ0n) is 20.4. The lowest BCUT2D eigenvalue weighted by Gasteiger charge is -2.77. The Bertz CT molecular complexity index is 416. The van der Waals surface area contributed by atoms with E-state index in [1.807, 2.05) is 0 Å². The van der Waals surface area contributed by atoms with Gasteiger partial charge in [0.2, 0.25) is 0 Å². The minimum Gasteiger partial charge on any atom is -0.358 e. The topological polar surface area (TPSA) is 0 Å². The van der Waals surface area contributed by atoms with Gasteiger partial charge in [-0.3, -0.25) is 0 Å². The quantitative estimate of drug-likeness (QED) is 0.264. The fourth-order valence-corrected chi connectivity index (χ4v) is 95.6. The first-order valence-corrected chi connectivity index (χ1v) is 27.7. The van der Waals surface area contributed by atoms with Crippen LogP contribution in [0, 0.1) is 0 Å². The molecule has 0 radical (unpaired) electrons. The monoisotopic (exact) mass is 495 g/mol. The second-order valence-corrected chi connectivity index (χ2v) is 47.9. The van der Waals surface area contributed by atoms with E-state index >= 15 is 0 Å². The second kappa shape index (κ2) is 7.11. The van der Waals surface area contributed by atoms with Crippen LogP contribution in [-0.4, -0.2) is 38.7 Å². The van der Waals surface area contributed by atoms with Crippen molar-refractivity contribution < 1.29 is 0 Å². The molecule has 0 aromatic heterocycles. The van der Waals surface area contributed by atoms with Gasteiger partial charge in [-0.2, -0.15) is 10.8 Å². The molecule has 0 nitrogen and oxygen atoms in total. The summed E-state index contributed by atoms with van der Waals surface area (Å²) < 4.78 is 0.666. The van der Waals surface area contributed by atoms with E-state index in [1.54, 1.807) is 0 Å². The molecule has 0 unspecified atom stereocenters. The summed E-state index contributed by atoms with van der Waals surface area (Å²) in [5, 5.41) is 0.848. The molecule has 0 atom stereocenters. The van der Waals surface area contributed by atoms with Gasteiger partial charge in [0.15, 0.2) is 0 Å². The molecule has 0 spiro atoms. The van der Waals surface area contributed by atoms with Gasteiger partial charge in [-0.05, 0) is 0 Å². The molecule has 6 heteroatoms.